The van der Waals surface area contributed by atoms with Gasteiger partial charge in [-0.3, -0.25) is 14.4 Å². The molecule has 4 rings (SSSR count). The number of ether oxygens (including phenoxy) is 2. The van der Waals surface area contributed by atoms with Crippen molar-refractivity contribution in [2.24, 2.45) is 11.8 Å². The third kappa shape index (κ3) is 1.87. The van der Waals surface area contributed by atoms with Crippen LogP contribution in [0.3, 0.4) is 0 Å². The highest BCUT2D eigenvalue weighted by atomic mass is 16.5. The molecule has 1 fully saturated rings. The lowest BCUT2D eigenvalue weighted by molar-refractivity contribution is -0.164. The standard InChI is InChI=1S/C16H16O5/c1-20-15(18)13-10-7-11(17)12(14(13)16(19)21-2)9-6-4-3-5-8(9)10/h3-6,10,12-14H,7H2,1-2H3. The molecular formula is C16H16O5. The van der Waals surface area contributed by atoms with E-state index in [0.717, 1.165) is 11.1 Å². The van der Waals surface area contributed by atoms with Gasteiger partial charge < -0.3 is 9.47 Å². The third-order valence-corrected chi connectivity index (χ3v) is 4.62. The van der Waals surface area contributed by atoms with Crippen LogP contribution < -0.4 is 0 Å². The molecule has 0 amide bonds. The van der Waals surface area contributed by atoms with E-state index in [1.54, 1.807) is 0 Å². The monoisotopic (exact) mass is 288 g/mol. The molecule has 1 aromatic rings. The third-order valence-electron chi connectivity index (χ3n) is 4.62. The van der Waals surface area contributed by atoms with Crippen molar-refractivity contribution in [3.63, 3.8) is 0 Å². The average Bonchev–Trinajstić information content (AvgIpc) is 2.52. The predicted molar refractivity (Wildman–Crippen MR) is 72.6 cm³/mol. The summed E-state index contributed by atoms with van der Waals surface area (Å²) in [5.41, 5.74) is 1.81. The van der Waals surface area contributed by atoms with E-state index in [1.807, 2.05) is 24.3 Å². The number of ketones is 1. The molecule has 4 atom stereocenters. The summed E-state index contributed by atoms with van der Waals surface area (Å²) in [5.74, 6) is -3.35. The molecule has 0 aromatic heterocycles. The van der Waals surface area contributed by atoms with Gasteiger partial charge in [0, 0.05) is 12.3 Å². The van der Waals surface area contributed by atoms with Crippen molar-refractivity contribution in [2.45, 2.75) is 18.3 Å². The Morgan fingerprint density at radius 3 is 2.19 bits per heavy atom. The Morgan fingerprint density at radius 2 is 1.57 bits per heavy atom. The van der Waals surface area contributed by atoms with Crippen LogP contribution in [-0.4, -0.2) is 31.9 Å². The molecule has 4 unspecified atom stereocenters. The fraction of sp³-hybridized carbons (Fsp3) is 0.438. The Hall–Kier alpha value is -2.17. The minimum atomic E-state index is -0.788. The lowest BCUT2D eigenvalue weighted by atomic mass is 9.55. The summed E-state index contributed by atoms with van der Waals surface area (Å²) in [6, 6.07) is 7.50. The summed E-state index contributed by atoms with van der Waals surface area (Å²) >= 11 is 0. The zero-order valence-corrected chi connectivity index (χ0v) is 11.9. The minimum Gasteiger partial charge on any atom is -0.469 e. The maximum Gasteiger partial charge on any atom is 0.310 e. The zero-order valence-electron chi connectivity index (χ0n) is 11.9. The van der Waals surface area contributed by atoms with Crippen molar-refractivity contribution >= 4 is 17.7 Å². The van der Waals surface area contributed by atoms with E-state index in [2.05, 4.69) is 0 Å². The molecule has 110 valence electrons. The van der Waals surface area contributed by atoms with Crippen LogP contribution in [0.2, 0.25) is 0 Å². The van der Waals surface area contributed by atoms with E-state index < -0.39 is 29.7 Å². The lowest BCUT2D eigenvalue weighted by Crippen LogP contribution is -2.50. The molecule has 1 aromatic carbocycles. The first-order valence-corrected chi connectivity index (χ1v) is 6.87. The van der Waals surface area contributed by atoms with Crippen LogP contribution in [0.25, 0.3) is 0 Å². The smallest absolute Gasteiger partial charge is 0.310 e. The lowest BCUT2D eigenvalue weighted by Gasteiger charge is -2.45. The number of fused-ring (bicyclic) bond motifs is 2. The van der Waals surface area contributed by atoms with Crippen LogP contribution in [0.5, 0.6) is 0 Å². The van der Waals surface area contributed by atoms with E-state index in [9.17, 15) is 14.4 Å². The number of benzene rings is 1. The second-order valence-electron chi connectivity index (χ2n) is 5.48. The average molecular weight is 288 g/mol. The second-order valence-corrected chi connectivity index (χ2v) is 5.48. The molecule has 5 heteroatoms. The second kappa shape index (κ2) is 4.98. The van der Waals surface area contributed by atoms with Crippen molar-refractivity contribution in [1.82, 2.24) is 0 Å². The molecule has 2 bridgehead atoms. The highest BCUT2D eigenvalue weighted by Crippen LogP contribution is 2.54. The first-order valence-electron chi connectivity index (χ1n) is 6.87. The van der Waals surface area contributed by atoms with Gasteiger partial charge in [-0.1, -0.05) is 24.3 Å². The first-order chi connectivity index (χ1) is 10.1. The molecule has 1 saturated carbocycles. The molecule has 0 spiro atoms. The molecule has 0 radical (unpaired) electrons. The summed E-state index contributed by atoms with van der Waals surface area (Å²) in [6.45, 7) is 0. The highest BCUT2D eigenvalue weighted by Gasteiger charge is 2.57. The fourth-order valence-corrected chi connectivity index (χ4v) is 3.80. The zero-order chi connectivity index (χ0) is 15.1. The number of hydrogen-bond donors (Lipinski definition) is 0. The molecule has 0 aliphatic heterocycles. The molecule has 21 heavy (non-hydrogen) atoms. The van der Waals surface area contributed by atoms with E-state index in [-0.39, 0.29) is 18.1 Å². The Bertz CT molecular complexity index is 621. The largest absolute Gasteiger partial charge is 0.469 e. The van der Waals surface area contributed by atoms with Crippen LogP contribution in [0.15, 0.2) is 24.3 Å². The number of Topliss-reactive ketones (excluding diaryl/α,β-unsaturated/α-hetero) is 1. The summed E-state index contributed by atoms with van der Waals surface area (Å²) in [5, 5.41) is 0. The van der Waals surface area contributed by atoms with Gasteiger partial charge in [0.25, 0.3) is 0 Å². The van der Waals surface area contributed by atoms with Gasteiger partial charge in [-0.05, 0) is 11.1 Å². The Morgan fingerprint density at radius 1 is 1.00 bits per heavy atom. The maximum atomic E-state index is 12.3. The summed E-state index contributed by atoms with van der Waals surface area (Å²) < 4.78 is 9.69. The highest BCUT2D eigenvalue weighted by molar-refractivity contribution is 5.99. The quantitative estimate of drug-likeness (QED) is 0.770. The normalized spacial score (nSPS) is 29.7. The summed E-state index contributed by atoms with van der Waals surface area (Å²) in [6.07, 6.45) is 0.273. The van der Waals surface area contributed by atoms with E-state index in [0.29, 0.717) is 0 Å². The van der Waals surface area contributed by atoms with Gasteiger partial charge in [0.15, 0.2) is 0 Å². The van der Waals surface area contributed by atoms with Crippen LogP contribution in [-0.2, 0) is 23.9 Å². The number of esters is 2. The van der Waals surface area contributed by atoms with E-state index in [4.69, 9.17) is 9.47 Å². The summed E-state index contributed by atoms with van der Waals surface area (Å²) in [4.78, 5) is 36.7. The molecule has 3 aliphatic carbocycles. The molecule has 0 saturated heterocycles. The molecular weight excluding hydrogens is 272 g/mol. The van der Waals surface area contributed by atoms with Gasteiger partial charge in [-0.15, -0.1) is 0 Å². The minimum absolute atomic E-state index is 0.00532. The van der Waals surface area contributed by atoms with Gasteiger partial charge >= 0.3 is 11.9 Å². The molecule has 0 N–H and O–H groups in total. The number of methoxy groups -OCH3 is 2. The van der Waals surface area contributed by atoms with E-state index in [1.165, 1.54) is 14.2 Å². The SMILES string of the molecule is COC(=O)C1C2CC(=O)C(c3ccccc32)C1C(=O)OC. The molecule has 3 aliphatic rings. The van der Waals surface area contributed by atoms with Crippen LogP contribution in [0.1, 0.15) is 29.4 Å². The van der Waals surface area contributed by atoms with Gasteiger partial charge in [-0.25, -0.2) is 0 Å². The first kappa shape index (κ1) is 13.8. The maximum absolute atomic E-state index is 12.3. The van der Waals surface area contributed by atoms with Crippen molar-refractivity contribution in [3.05, 3.63) is 35.4 Å². The van der Waals surface area contributed by atoms with Gasteiger partial charge in [0.2, 0.25) is 0 Å². The Balaban J connectivity index is 2.17. The number of rotatable bonds is 2. The summed E-state index contributed by atoms with van der Waals surface area (Å²) in [7, 11) is 2.57. The fourth-order valence-electron chi connectivity index (χ4n) is 3.80. The molecule has 5 nitrogen and oxygen atoms in total. The van der Waals surface area contributed by atoms with Gasteiger partial charge in [-0.2, -0.15) is 0 Å². The van der Waals surface area contributed by atoms with Crippen LogP contribution >= 0.6 is 0 Å². The van der Waals surface area contributed by atoms with Gasteiger partial charge in [0.05, 0.1) is 32.0 Å². The number of carbonyl (C=O) groups is 3. The number of hydrogen-bond acceptors (Lipinski definition) is 5. The number of carbonyl (C=O) groups excluding carboxylic acids is 3. The molecule has 0 heterocycles. The van der Waals surface area contributed by atoms with Crippen molar-refractivity contribution in [3.8, 4) is 0 Å². The van der Waals surface area contributed by atoms with E-state index >= 15 is 0 Å². The van der Waals surface area contributed by atoms with Crippen molar-refractivity contribution in [2.75, 3.05) is 14.2 Å². The van der Waals surface area contributed by atoms with Crippen molar-refractivity contribution < 1.29 is 23.9 Å². The Labute approximate surface area is 122 Å². The predicted octanol–water partition coefficient (Wildman–Crippen LogP) is 1.42. The topological polar surface area (TPSA) is 69.7 Å². The Kier molecular flexibility index (Phi) is 3.27. The van der Waals surface area contributed by atoms with Crippen LogP contribution in [0, 0.1) is 11.8 Å². The van der Waals surface area contributed by atoms with Crippen molar-refractivity contribution in [1.29, 1.82) is 0 Å². The van der Waals surface area contributed by atoms with Gasteiger partial charge in [0.1, 0.15) is 5.78 Å². The van der Waals surface area contributed by atoms with Crippen LogP contribution in [0.4, 0.5) is 0 Å².